The van der Waals surface area contributed by atoms with Gasteiger partial charge >= 0.3 is 5.97 Å². The molecule has 8 heteroatoms. The Morgan fingerprint density at radius 1 is 1.04 bits per heavy atom. The van der Waals surface area contributed by atoms with Crippen LogP contribution in [0.2, 0.25) is 0 Å². The Kier molecular flexibility index (Phi) is 5.25. The van der Waals surface area contributed by atoms with E-state index in [0.29, 0.717) is 5.69 Å². The van der Waals surface area contributed by atoms with Gasteiger partial charge in [-0.25, -0.2) is 13.2 Å². The van der Waals surface area contributed by atoms with Crippen LogP contribution in [0, 0.1) is 0 Å². The van der Waals surface area contributed by atoms with E-state index in [2.05, 4.69) is 4.72 Å². The molecule has 2 aromatic carbocycles. The van der Waals surface area contributed by atoms with E-state index >= 15 is 0 Å². The molecule has 0 aromatic heterocycles. The molecule has 0 spiro atoms. The van der Waals surface area contributed by atoms with Gasteiger partial charge in [0.05, 0.1) is 16.1 Å². The maximum atomic E-state index is 12.8. The molecule has 0 amide bonds. The Hall–Kier alpha value is -2.19. The van der Waals surface area contributed by atoms with Crippen LogP contribution in [0.25, 0.3) is 0 Å². The van der Waals surface area contributed by atoms with Gasteiger partial charge in [-0.05, 0) is 60.7 Å². The molecule has 0 bridgehead atoms. The van der Waals surface area contributed by atoms with Crippen molar-refractivity contribution in [3.05, 3.63) is 53.1 Å². The number of nitrogens with zero attached hydrogens (tertiary/aromatic N) is 1. The number of hydrogen-bond acceptors (Lipinski definition) is 5. The highest BCUT2D eigenvalue weighted by Crippen LogP contribution is 2.29. The van der Waals surface area contributed by atoms with Gasteiger partial charge < -0.3 is 10.0 Å². The lowest BCUT2D eigenvalue weighted by Crippen LogP contribution is -2.33. The molecule has 0 atom stereocenters. The topological polar surface area (TPSA) is 86.7 Å². The SMILES string of the molecule is O=C(O)c1cc(NS(=O)(=O)c2ccc3c(c2)CCC3)ccc1N1CCSCC1. The summed E-state index contributed by atoms with van der Waals surface area (Å²) in [4.78, 5) is 14.0. The zero-order valence-electron chi connectivity index (χ0n) is 15.3. The Balaban J connectivity index is 1.62. The number of sulfonamides is 1. The smallest absolute Gasteiger partial charge is 0.337 e. The third kappa shape index (κ3) is 3.84. The van der Waals surface area contributed by atoms with E-state index in [0.717, 1.165) is 49.4 Å². The van der Waals surface area contributed by atoms with Crippen LogP contribution in [0.15, 0.2) is 41.3 Å². The molecule has 4 rings (SSSR count). The molecule has 2 aromatic rings. The first-order chi connectivity index (χ1) is 13.4. The quantitative estimate of drug-likeness (QED) is 0.775. The van der Waals surface area contributed by atoms with Crippen LogP contribution in [0.1, 0.15) is 27.9 Å². The van der Waals surface area contributed by atoms with Crippen LogP contribution in [0.4, 0.5) is 11.4 Å². The van der Waals surface area contributed by atoms with Gasteiger partial charge in [0.25, 0.3) is 10.0 Å². The highest BCUT2D eigenvalue weighted by Gasteiger charge is 2.22. The average Bonchev–Trinajstić information content (AvgIpc) is 3.16. The van der Waals surface area contributed by atoms with Crippen molar-refractivity contribution in [3.8, 4) is 0 Å². The Morgan fingerprint density at radius 3 is 2.54 bits per heavy atom. The number of aryl methyl sites for hydroxylation is 2. The van der Waals surface area contributed by atoms with Gasteiger partial charge in [-0.1, -0.05) is 6.07 Å². The van der Waals surface area contributed by atoms with E-state index in [-0.39, 0.29) is 16.1 Å². The van der Waals surface area contributed by atoms with E-state index in [1.165, 1.54) is 11.6 Å². The van der Waals surface area contributed by atoms with Gasteiger partial charge in [-0.3, -0.25) is 4.72 Å². The zero-order chi connectivity index (χ0) is 19.7. The van der Waals surface area contributed by atoms with Gasteiger partial charge in [0.1, 0.15) is 0 Å². The van der Waals surface area contributed by atoms with Crippen molar-refractivity contribution in [1.82, 2.24) is 0 Å². The van der Waals surface area contributed by atoms with Crippen molar-refractivity contribution in [3.63, 3.8) is 0 Å². The lowest BCUT2D eigenvalue weighted by atomic mass is 10.1. The molecule has 0 saturated carbocycles. The number of thioether (sulfide) groups is 1. The molecule has 0 unspecified atom stereocenters. The van der Waals surface area contributed by atoms with Crippen molar-refractivity contribution in [2.24, 2.45) is 0 Å². The first-order valence-electron chi connectivity index (χ1n) is 9.29. The van der Waals surface area contributed by atoms with Crippen LogP contribution < -0.4 is 9.62 Å². The molecule has 1 heterocycles. The van der Waals surface area contributed by atoms with Crippen LogP contribution in [-0.4, -0.2) is 44.1 Å². The number of hydrogen-bond donors (Lipinski definition) is 2. The summed E-state index contributed by atoms with van der Waals surface area (Å²) >= 11 is 1.84. The molecule has 2 N–H and O–H groups in total. The molecule has 1 saturated heterocycles. The monoisotopic (exact) mass is 418 g/mol. The minimum absolute atomic E-state index is 0.112. The summed E-state index contributed by atoms with van der Waals surface area (Å²) in [6.45, 7) is 1.57. The number of nitrogens with one attached hydrogen (secondary N) is 1. The van der Waals surface area contributed by atoms with Crippen molar-refractivity contribution in [2.75, 3.05) is 34.2 Å². The Morgan fingerprint density at radius 2 is 1.79 bits per heavy atom. The number of anilines is 2. The van der Waals surface area contributed by atoms with Crippen LogP contribution in [-0.2, 0) is 22.9 Å². The summed E-state index contributed by atoms with van der Waals surface area (Å²) in [6.07, 6.45) is 2.93. The fourth-order valence-corrected chi connectivity index (χ4v) is 5.78. The predicted octanol–water partition coefficient (Wildman–Crippen LogP) is 3.23. The van der Waals surface area contributed by atoms with E-state index in [9.17, 15) is 18.3 Å². The molecular formula is C20H22N2O4S2. The number of carboxylic acids is 1. The number of fused-ring (bicyclic) bond motifs is 1. The molecule has 1 aliphatic heterocycles. The van der Waals surface area contributed by atoms with Crippen LogP contribution in [0.3, 0.4) is 0 Å². The van der Waals surface area contributed by atoms with E-state index in [1.807, 2.05) is 22.7 Å². The molecule has 1 aliphatic carbocycles. The third-order valence-corrected chi connectivity index (χ3v) is 7.53. The molecule has 0 radical (unpaired) electrons. The summed E-state index contributed by atoms with van der Waals surface area (Å²) in [6, 6.07) is 9.95. The number of carboxylic acid groups (broad SMARTS) is 1. The number of carbonyl (C=O) groups is 1. The maximum Gasteiger partial charge on any atom is 0.337 e. The summed E-state index contributed by atoms with van der Waals surface area (Å²) < 4.78 is 28.1. The van der Waals surface area contributed by atoms with Gasteiger partial charge in [0.2, 0.25) is 0 Å². The van der Waals surface area contributed by atoms with Crippen molar-refractivity contribution >= 4 is 39.1 Å². The van der Waals surface area contributed by atoms with Crippen LogP contribution in [0.5, 0.6) is 0 Å². The lowest BCUT2D eigenvalue weighted by Gasteiger charge is -2.29. The highest BCUT2D eigenvalue weighted by molar-refractivity contribution is 7.99. The third-order valence-electron chi connectivity index (χ3n) is 5.21. The molecule has 28 heavy (non-hydrogen) atoms. The second-order valence-electron chi connectivity index (χ2n) is 7.03. The van der Waals surface area contributed by atoms with Gasteiger partial charge in [0.15, 0.2) is 0 Å². The fourth-order valence-electron chi connectivity index (χ4n) is 3.78. The number of rotatable bonds is 5. The molecule has 148 valence electrons. The van der Waals surface area contributed by atoms with Gasteiger partial charge in [0, 0.05) is 30.3 Å². The minimum atomic E-state index is -3.77. The second-order valence-corrected chi connectivity index (χ2v) is 9.93. The largest absolute Gasteiger partial charge is 0.478 e. The van der Waals surface area contributed by atoms with Crippen molar-refractivity contribution < 1.29 is 18.3 Å². The van der Waals surface area contributed by atoms with E-state index in [4.69, 9.17) is 0 Å². The minimum Gasteiger partial charge on any atom is -0.478 e. The Labute approximate surface area is 169 Å². The van der Waals surface area contributed by atoms with E-state index < -0.39 is 16.0 Å². The summed E-state index contributed by atoms with van der Waals surface area (Å²) in [7, 11) is -3.77. The number of benzene rings is 2. The average molecular weight is 419 g/mol. The summed E-state index contributed by atoms with van der Waals surface area (Å²) in [5.74, 6) is 0.837. The Bertz CT molecular complexity index is 1010. The highest BCUT2D eigenvalue weighted by atomic mass is 32.2. The zero-order valence-corrected chi connectivity index (χ0v) is 17.0. The van der Waals surface area contributed by atoms with Gasteiger partial charge in [-0.15, -0.1) is 0 Å². The summed E-state index contributed by atoms with van der Waals surface area (Å²) in [5, 5.41) is 9.63. The molecular weight excluding hydrogens is 396 g/mol. The summed E-state index contributed by atoms with van der Waals surface area (Å²) in [5.41, 5.74) is 3.28. The van der Waals surface area contributed by atoms with Crippen molar-refractivity contribution in [1.29, 1.82) is 0 Å². The molecule has 6 nitrogen and oxygen atoms in total. The van der Waals surface area contributed by atoms with Crippen LogP contribution >= 0.6 is 11.8 Å². The van der Waals surface area contributed by atoms with E-state index in [1.54, 1.807) is 24.3 Å². The second kappa shape index (κ2) is 7.67. The first-order valence-corrected chi connectivity index (χ1v) is 11.9. The fraction of sp³-hybridized carbons (Fsp3) is 0.350. The lowest BCUT2D eigenvalue weighted by molar-refractivity contribution is 0.0697. The van der Waals surface area contributed by atoms with Gasteiger partial charge in [-0.2, -0.15) is 11.8 Å². The van der Waals surface area contributed by atoms with Crippen molar-refractivity contribution in [2.45, 2.75) is 24.2 Å². The standard InChI is InChI=1S/C20H22N2O4S2/c23-20(24)18-13-16(5-7-19(18)22-8-10-27-11-9-22)21-28(25,26)17-6-4-14-2-1-3-15(14)12-17/h4-7,12-13,21H,1-3,8-11H2,(H,23,24). The number of aromatic carboxylic acids is 1. The predicted molar refractivity (Wildman–Crippen MR) is 112 cm³/mol. The maximum absolute atomic E-state index is 12.8. The normalized spacial score (nSPS) is 16.6. The molecule has 1 fully saturated rings. The molecule has 2 aliphatic rings. The first kappa shape index (κ1) is 19.1.